The van der Waals surface area contributed by atoms with Crippen LogP contribution in [-0.4, -0.2) is 25.9 Å². The molecule has 1 amide bonds. The Balaban J connectivity index is 1.84. The van der Waals surface area contributed by atoms with E-state index in [4.69, 9.17) is 9.88 Å². The van der Waals surface area contributed by atoms with Gasteiger partial charge < -0.3 is 10.1 Å². The zero-order valence-corrected chi connectivity index (χ0v) is 16.7. The Morgan fingerprint density at radius 1 is 1.18 bits per heavy atom. The lowest BCUT2D eigenvalue weighted by Crippen LogP contribution is -2.49. The molecule has 1 atom stereocenters. The van der Waals surface area contributed by atoms with Gasteiger partial charge in [0.1, 0.15) is 0 Å². The minimum atomic E-state index is -3.81. The third-order valence-electron chi connectivity index (χ3n) is 4.78. The van der Waals surface area contributed by atoms with E-state index >= 15 is 0 Å². The van der Waals surface area contributed by atoms with Gasteiger partial charge in [-0.15, -0.1) is 0 Å². The van der Waals surface area contributed by atoms with Gasteiger partial charge in [0.05, 0.1) is 10.5 Å². The van der Waals surface area contributed by atoms with Crippen molar-refractivity contribution >= 4 is 27.6 Å². The van der Waals surface area contributed by atoms with Crippen LogP contribution in [0.15, 0.2) is 47.4 Å². The molecule has 0 saturated heterocycles. The summed E-state index contributed by atoms with van der Waals surface area (Å²) in [7, 11) is -3.81. The molecule has 28 heavy (non-hydrogen) atoms. The number of benzene rings is 2. The summed E-state index contributed by atoms with van der Waals surface area (Å²) < 4.78 is 28.1. The summed E-state index contributed by atoms with van der Waals surface area (Å²) in [5, 5.41) is 7.74. The number of carbonyl (C=O) groups excluding carboxylic acids is 2. The second-order valence-corrected chi connectivity index (χ2v) is 8.95. The predicted octanol–water partition coefficient (Wildman–Crippen LogP) is 2.57. The lowest BCUT2D eigenvalue weighted by Gasteiger charge is -2.33. The van der Waals surface area contributed by atoms with Crippen molar-refractivity contribution in [2.45, 2.75) is 43.6 Å². The molecule has 0 bridgehead atoms. The standard InChI is InChI=1S/C20H22N2O5S/c1-12(2)13-4-9-17-14(10-13)11-20(3,27-18(17)23)19(24)22-15-5-7-16(8-6-15)28(21,25)26/h4-10,12H,11H2,1-3H3,(H,22,24)(H2,21,25,26). The molecule has 7 nitrogen and oxygen atoms in total. The summed E-state index contributed by atoms with van der Waals surface area (Å²) in [5.74, 6) is -0.746. The number of fused-ring (bicyclic) bond motifs is 1. The highest BCUT2D eigenvalue weighted by Gasteiger charge is 2.42. The van der Waals surface area contributed by atoms with Crippen LogP contribution in [0.3, 0.4) is 0 Å². The van der Waals surface area contributed by atoms with E-state index in [-0.39, 0.29) is 11.3 Å². The van der Waals surface area contributed by atoms with Crippen molar-refractivity contribution in [2.75, 3.05) is 5.32 Å². The molecule has 0 aromatic heterocycles. The summed E-state index contributed by atoms with van der Waals surface area (Å²) in [6, 6.07) is 11.0. The van der Waals surface area contributed by atoms with Gasteiger partial charge in [-0.05, 0) is 54.3 Å². The van der Waals surface area contributed by atoms with E-state index in [2.05, 4.69) is 19.2 Å². The van der Waals surface area contributed by atoms with Crippen LogP contribution in [0.4, 0.5) is 5.69 Å². The zero-order valence-electron chi connectivity index (χ0n) is 15.9. The van der Waals surface area contributed by atoms with Crippen LogP contribution in [0.25, 0.3) is 0 Å². The molecule has 8 heteroatoms. The number of nitrogens with two attached hydrogens (primary N) is 1. The molecule has 1 heterocycles. The highest BCUT2D eigenvalue weighted by Crippen LogP contribution is 2.31. The molecule has 1 unspecified atom stereocenters. The Morgan fingerprint density at radius 3 is 2.39 bits per heavy atom. The number of rotatable bonds is 4. The van der Waals surface area contributed by atoms with Crippen molar-refractivity contribution in [2.24, 2.45) is 5.14 Å². The first-order chi connectivity index (χ1) is 13.0. The lowest BCUT2D eigenvalue weighted by molar-refractivity contribution is -0.134. The van der Waals surface area contributed by atoms with Crippen LogP contribution in [0, 0.1) is 0 Å². The molecule has 0 radical (unpaired) electrons. The number of ether oxygens (including phenoxy) is 1. The zero-order chi connectivity index (χ0) is 20.7. The van der Waals surface area contributed by atoms with E-state index in [1.165, 1.54) is 24.3 Å². The smallest absolute Gasteiger partial charge is 0.339 e. The van der Waals surface area contributed by atoms with Gasteiger partial charge in [-0.25, -0.2) is 18.4 Å². The van der Waals surface area contributed by atoms with Crippen LogP contribution in [-0.2, 0) is 26.0 Å². The van der Waals surface area contributed by atoms with Crippen LogP contribution in [0.2, 0.25) is 0 Å². The average Bonchev–Trinajstić information content (AvgIpc) is 2.60. The molecule has 3 N–H and O–H groups in total. The van der Waals surface area contributed by atoms with Gasteiger partial charge >= 0.3 is 5.97 Å². The summed E-state index contributed by atoms with van der Waals surface area (Å²) in [4.78, 5) is 25.2. The largest absolute Gasteiger partial charge is 0.445 e. The number of hydrogen-bond donors (Lipinski definition) is 2. The van der Waals surface area contributed by atoms with Gasteiger partial charge in [-0.3, -0.25) is 4.79 Å². The van der Waals surface area contributed by atoms with Gasteiger partial charge in [0.2, 0.25) is 10.0 Å². The predicted molar refractivity (Wildman–Crippen MR) is 105 cm³/mol. The fourth-order valence-electron chi connectivity index (χ4n) is 3.10. The van der Waals surface area contributed by atoms with Crippen molar-refractivity contribution < 1.29 is 22.7 Å². The van der Waals surface area contributed by atoms with Gasteiger partial charge in [-0.1, -0.05) is 26.0 Å². The molecular formula is C20H22N2O5S. The lowest BCUT2D eigenvalue weighted by atomic mass is 9.86. The minimum absolute atomic E-state index is 0.0593. The third kappa shape index (κ3) is 3.93. The topological polar surface area (TPSA) is 116 Å². The van der Waals surface area contributed by atoms with Gasteiger partial charge in [0.15, 0.2) is 5.60 Å². The minimum Gasteiger partial charge on any atom is -0.445 e. The molecule has 0 fully saturated rings. The Bertz CT molecular complexity index is 1040. The van der Waals surface area contributed by atoms with Crippen LogP contribution in [0.1, 0.15) is 48.2 Å². The molecule has 1 aliphatic rings. The average molecular weight is 402 g/mol. The quantitative estimate of drug-likeness (QED) is 0.763. The molecule has 148 valence electrons. The van der Waals surface area contributed by atoms with E-state index in [1.807, 2.05) is 12.1 Å². The SMILES string of the molecule is CC(C)c1ccc2c(c1)CC(C)(C(=O)Nc1ccc(S(N)(=O)=O)cc1)OC2=O. The number of carbonyl (C=O) groups is 2. The second kappa shape index (κ2) is 7.03. The third-order valence-corrected chi connectivity index (χ3v) is 5.71. The fourth-order valence-corrected chi connectivity index (χ4v) is 3.61. The van der Waals surface area contributed by atoms with Crippen molar-refractivity contribution in [3.05, 3.63) is 59.2 Å². The number of cyclic esters (lactones) is 1. The fraction of sp³-hybridized carbons (Fsp3) is 0.300. The molecule has 0 aliphatic carbocycles. The molecule has 0 saturated carbocycles. The number of esters is 1. The first-order valence-corrected chi connectivity index (χ1v) is 10.3. The Hall–Kier alpha value is -2.71. The first kappa shape index (κ1) is 20.0. The van der Waals surface area contributed by atoms with Crippen molar-refractivity contribution in [3.8, 4) is 0 Å². The van der Waals surface area contributed by atoms with Crippen LogP contribution in [0.5, 0.6) is 0 Å². The Morgan fingerprint density at radius 2 is 1.82 bits per heavy atom. The summed E-state index contributed by atoms with van der Waals surface area (Å²) >= 11 is 0. The van der Waals surface area contributed by atoms with E-state index in [9.17, 15) is 18.0 Å². The van der Waals surface area contributed by atoms with E-state index < -0.39 is 27.5 Å². The second-order valence-electron chi connectivity index (χ2n) is 7.39. The maximum atomic E-state index is 12.8. The number of sulfonamides is 1. The summed E-state index contributed by atoms with van der Waals surface area (Å²) in [6.45, 7) is 5.67. The Labute approximate surface area is 163 Å². The number of hydrogen-bond acceptors (Lipinski definition) is 5. The molecule has 0 spiro atoms. The number of nitrogens with one attached hydrogen (secondary N) is 1. The number of amides is 1. The highest BCUT2D eigenvalue weighted by molar-refractivity contribution is 7.89. The van der Waals surface area contributed by atoms with E-state index in [0.717, 1.165) is 11.1 Å². The van der Waals surface area contributed by atoms with E-state index in [1.54, 1.807) is 13.0 Å². The monoisotopic (exact) mass is 402 g/mol. The van der Waals surface area contributed by atoms with Crippen molar-refractivity contribution in [1.82, 2.24) is 0 Å². The molecule has 1 aliphatic heterocycles. The maximum Gasteiger partial charge on any atom is 0.339 e. The molecule has 2 aromatic carbocycles. The van der Waals surface area contributed by atoms with Gasteiger partial charge in [0, 0.05) is 12.1 Å². The van der Waals surface area contributed by atoms with Crippen molar-refractivity contribution in [1.29, 1.82) is 0 Å². The maximum absolute atomic E-state index is 12.8. The normalized spacial score (nSPS) is 19.1. The van der Waals surface area contributed by atoms with Gasteiger partial charge in [0.25, 0.3) is 5.91 Å². The van der Waals surface area contributed by atoms with E-state index in [0.29, 0.717) is 17.2 Å². The number of primary sulfonamides is 1. The van der Waals surface area contributed by atoms with Crippen molar-refractivity contribution in [3.63, 3.8) is 0 Å². The first-order valence-electron chi connectivity index (χ1n) is 8.80. The van der Waals surface area contributed by atoms with Crippen LogP contribution < -0.4 is 10.5 Å². The summed E-state index contributed by atoms with van der Waals surface area (Å²) in [6.07, 6.45) is 0.246. The Kier molecular flexibility index (Phi) is 5.03. The molecular weight excluding hydrogens is 380 g/mol. The molecule has 3 rings (SSSR count). The summed E-state index contributed by atoms with van der Waals surface area (Å²) in [5.41, 5.74) is 1.31. The van der Waals surface area contributed by atoms with Crippen LogP contribution >= 0.6 is 0 Å². The number of anilines is 1. The van der Waals surface area contributed by atoms with Gasteiger partial charge in [-0.2, -0.15) is 0 Å². The molecule has 2 aromatic rings. The highest BCUT2D eigenvalue weighted by atomic mass is 32.2.